The molecule has 3 nitrogen and oxygen atoms in total. The van der Waals surface area contributed by atoms with E-state index in [0.717, 1.165) is 29.5 Å². The minimum absolute atomic E-state index is 0.104. The molecule has 1 heterocycles. The molecule has 1 aliphatic heterocycles. The summed E-state index contributed by atoms with van der Waals surface area (Å²) in [6.45, 7) is 2.61. The van der Waals surface area contributed by atoms with Crippen molar-refractivity contribution in [1.29, 1.82) is 0 Å². The number of hydrogen-bond acceptors (Lipinski definition) is 4. The van der Waals surface area contributed by atoms with Crippen molar-refractivity contribution in [3.8, 4) is 5.75 Å². The molecule has 5 heteroatoms. The third kappa shape index (κ3) is 6.22. The van der Waals surface area contributed by atoms with Crippen LogP contribution in [-0.4, -0.2) is 23.5 Å². The van der Waals surface area contributed by atoms with Gasteiger partial charge in [-0.2, -0.15) is 0 Å². The number of hydrogen-bond donors (Lipinski definition) is 1. The number of unbranched alkanes of at least 4 members (excludes halogenated alkanes) is 1. The van der Waals surface area contributed by atoms with Crippen LogP contribution in [0.25, 0.3) is 0 Å². The Balaban J connectivity index is 1.61. The molecule has 2 rings (SSSR count). The van der Waals surface area contributed by atoms with Gasteiger partial charge in [0.2, 0.25) is 5.91 Å². The van der Waals surface area contributed by atoms with Gasteiger partial charge in [0, 0.05) is 23.1 Å². The SMILES string of the molecule is CCOc1ccc(NC(=O)CCCCC2CCSS2)cc1. The Labute approximate surface area is 135 Å². The molecule has 0 bridgehead atoms. The van der Waals surface area contributed by atoms with Gasteiger partial charge in [0.15, 0.2) is 0 Å². The summed E-state index contributed by atoms with van der Waals surface area (Å²) in [5, 5.41) is 3.75. The number of nitrogens with one attached hydrogen (secondary N) is 1. The van der Waals surface area contributed by atoms with E-state index < -0.39 is 0 Å². The maximum atomic E-state index is 11.9. The van der Waals surface area contributed by atoms with E-state index in [9.17, 15) is 4.79 Å². The maximum absolute atomic E-state index is 11.9. The topological polar surface area (TPSA) is 38.3 Å². The predicted octanol–water partition coefficient (Wildman–Crippen LogP) is 4.74. The maximum Gasteiger partial charge on any atom is 0.224 e. The first kappa shape index (κ1) is 16.6. The van der Waals surface area contributed by atoms with Crippen LogP contribution in [-0.2, 0) is 4.79 Å². The van der Waals surface area contributed by atoms with Crippen molar-refractivity contribution in [2.45, 2.75) is 44.3 Å². The first-order chi connectivity index (χ1) is 10.3. The van der Waals surface area contributed by atoms with Crippen LogP contribution < -0.4 is 10.1 Å². The number of ether oxygens (including phenoxy) is 1. The molecule has 1 N–H and O–H groups in total. The lowest BCUT2D eigenvalue weighted by Crippen LogP contribution is -2.11. The van der Waals surface area contributed by atoms with Crippen molar-refractivity contribution in [2.75, 3.05) is 17.7 Å². The Bertz CT molecular complexity index is 430. The second kappa shape index (κ2) is 9.26. The second-order valence-corrected chi connectivity index (χ2v) is 7.87. The second-order valence-electron chi connectivity index (χ2n) is 5.08. The molecule has 21 heavy (non-hydrogen) atoms. The van der Waals surface area contributed by atoms with Crippen molar-refractivity contribution in [3.05, 3.63) is 24.3 Å². The highest BCUT2D eigenvalue weighted by atomic mass is 33.1. The molecule has 1 amide bonds. The monoisotopic (exact) mass is 325 g/mol. The highest BCUT2D eigenvalue weighted by molar-refractivity contribution is 8.77. The number of carbonyl (C=O) groups excluding carboxylic acids is 1. The smallest absolute Gasteiger partial charge is 0.224 e. The third-order valence-electron chi connectivity index (χ3n) is 3.36. The lowest BCUT2D eigenvalue weighted by Gasteiger charge is -2.08. The molecule has 1 unspecified atom stereocenters. The lowest BCUT2D eigenvalue weighted by molar-refractivity contribution is -0.116. The van der Waals surface area contributed by atoms with Gasteiger partial charge in [0.1, 0.15) is 5.75 Å². The van der Waals surface area contributed by atoms with Crippen molar-refractivity contribution < 1.29 is 9.53 Å². The Kier molecular flexibility index (Phi) is 7.30. The molecule has 0 aromatic heterocycles. The van der Waals surface area contributed by atoms with E-state index in [4.69, 9.17) is 4.74 Å². The minimum atomic E-state index is 0.104. The summed E-state index contributed by atoms with van der Waals surface area (Å²) < 4.78 is 5.38. The molecule has 1 aromatic carbocycles. The molecule has 0 saturated carbocycles. The number of anilines is 1. The Hall–Kier alpha value is -0.810. The zero-order valence-electron chi connectivity index (χ0n) is 12.5. The van der Waals surface area contributed by atoms with E-state index in [2.05, 4.69) is 5.32 Å². The molecular weight excluding hydrogens is 302 g/mol. The van der Waals surface area contributed by atoms with Gasteiger partial charge in [0.25, 0.3) is 0 Å². The summed E-state index contributed by atoms with van der Waals surface area (Å²) in [6.07, 6.45) is 5.30. The fourth-order valence-corrected chi connectivity index (χ4v) is 5.27. The first-order valence-electron chi connectivity index (χ1n) is 7.59. The van der Waals surface area contributed by atoms with Gasteiger partial charge in [-0.15, -0.1) is 0 Å². The molecular formula is C16H23NO2S2. The average molecular weight is 325 g/mol. The van der Waals surface area contributed by atoms with Gasteiger partial charge in [0.05, 0.1) is 6.61 Å². The molecule has 116 valence electrons. The van der Waals surface area contributed by atoms with Gasteiger partial charge in [-0.05, 0) is 50.5 Å². The zero-order chi connectivity index (χ0) is 14.9. The summed E-state index contributed by atoms with van der Waals surface area (Å²) in [6, 6.07) is 7.53. The Morgan fingerprint density at radius 1 is 1.33 bits per heavy atom. The van der Waals surface area contributed by atoms with Crippen LogP contribution >= 0.6 is 21.6 Å². The van der Waals surface area contributed by atoms with Gasteiger partial charge in [-0.3, -0.25) is 4.79 Å². The normalized spacial score (nSPS) is 17.7. The Morgan fingerprint density at radius 2 is 2.14 bits per heavy atom. The first-order valence-corrected chi connectivity index (χ1v) is 9.97. The zero-order valence-corrected chi connectivity index (χ0v) is 14.1. The van der Waals surface area contributed by atoms with Gasteiger partial charge in [-0.1, -0.05) is 28.0 Å². The minimum Gasteiger partial charge on any atom is -0.494 e. The van der Waals surface area contributed by atoms with Crippen molar-refractivity contribution in [2.24, 2.45) is 0 Å². The molecule has 0 aliphatic carbocycles. The fourth-order valence-electron chi connectivity index (χ4n) is 2.25. The van der Waals surface area contributed by atoms with Crippen LogP contribution in [0.5, 0.6) is 5.75 Å². The van der Waals surface area contributed by atoms with Crippen LogP contribution in [0.1, 0.15) is 39.0 Å². The highest BCUT2D eigenvalue weighted by Gasteiger charge is 2.15. The van der Waals surface area contributed by atoms with E-state index in [0.29, 0.717) is 13.0 Å². The molecule has 1 fully saturated rings. The third-order valence-corrected chi connectivity index (χ3v) is 6.36. The van der Waals surface area contributed by atoms with E-state index >= 15 is 0 Å². The molecule has 1 aromatic rings. The lowest BCUT2D eigenvalue weighted by atomic mass is 10.1. The molecule has 1 atom stereocenters. The van der Waals surface area contributed by atoms with Crippen molar-refractivity contribution >= 4 is 33.2 Å². The van der Waals surface area contributed by atoms with Crippen LogP contribution in [0.15, 0.2) is 24.3 Å². The molecule has 0 radical (unpaired) electrons. The van der Waals surface area contributed by atoms with Gasteiger partial charge < -0.3 is 10.1 Å². The Morgan fingerprint density at radius 3 is 2.81 bits per heavy atom. The van der Waals surface area contributed by atoms with Crippen LogP contribution in [0, 0.1) is 0 Å². The van der Waals surface area contributed by atoms with E-state index in [-0.39, 0.29) is 5.91 Å². The van der Waals surface area contributed by atoms with Gasteiger partial charge in [-0.25, -0.2) is 0 Å². The van der Waals surface area contributed by atoms with E-state index in [1.165, 1.54) is 18.6 Å². The van der Waals surface area contributed by atoms with E-state index in [1.807, 2.05) is 52.8 Å². The van der Waals surface area contributed by atoms with Crippen LogP contribution in [0.2, 0.25) is 0 Å². The summed E-state index contributed by atoms with van der Waals surface area (Å²) in [5.41, 5.74) is 0.839. The predicted molar refractivity (Wildman–Crippen MR) is 93.2 cm³/mol. The molecule has 1 saturated heterocycles. The average Bonchev–Trinajstić information content (AvgIpc) is 2.99. The summed E-state index contributed by atoms with van der Waals surface area (Å²) in [7, 11) is 3.99. The standard InChI is InChI=1S/C16H23NO2S2/c1-2-19-14-9-7-13(8-10-14)17-16(18)6-4-3-5-15-11-12-20-21-15/h7-10,15H,2-6,11-12H2,1H3,(H,17,18). The number of rotatable bonds is 8. The van der Waals surface area contributed by atoms with E-state index in [1.54, 1.807) is 0 Å². The summed E-state index contributed by atoms with van der Waals surface area (Å²) >= 11 is 0. The van der Waals surface area contributed by atoms with Crippen LogP contribution in [0.4, 0.5) is 5.69 Å². The summed E-state index contributed by atoms with van der Waals surface area (Å²) in [4.78, 5) is 11.9. The number of benzene rings is 1. The fraction of sp³-hybridized carbons (Fsp3) is 0.562. The quantitative estimate of drug-likeness (QED) is 0.553. The summed E-state index contributed by atoms with van der Waals surface area (Å²) in [5.74, 6) is 2.23. The highest BCUT2D eigenvalue weighted by Crippen LogP contribution is 2.39. The number of carbonyl (C=O) groups is 1. The molecule has 0 spiro atoms. The van der Waals surface area contributed by atoms with Gasteiger partial charge >= 0.3 is 0 Å². The molecule has 1 aliphatic rings. The number of amides is 1. The van der Waals surface area contributed by atoms with Crippen molar-refractivity contribution in [1.82, 2.24) is 0 Å². The van der Waals surface area contributed by atoms with Crippen LogP contribution in [0.3, 0.4) is 0 Å². The largest absolute Gasteiger partial charge is 0.494 e. The van der Waals surface area contributed by atoms with Crippen molar-refractivity contribution in [3.63, 3.8) is 0 Å².